The van der Waals surface area contributed by atoms with Crippen LogP contribution in [0, 0.1) is 5.92 Å². The molecule has 1 aliphatic carbocycles. The van der Waals surface area contributed by atoms with E-state index in [1.165, 1.54) is 19.3 Å². The Bertz CT molecular complexity index is 887. The van der Waals surface area contributed by atoms with Crippen molar-refractivity contribution in [2.45, 2.75) is 58.0 Å². The fourth-order valence-corrected chi connectivity index (χ4v) is 3.56. The molecule has 7 heteroatoms. The number of aromatic nitrogens is 2. The maximum absolute atomic E-state index is 12.1. The monoisotopic (exact) mass is 385 g/mol. The first-order valence-electron chi connectivity index (χ1n) is 9.98. The molecular formula is C21H27N3O4. The number of rotatable bonds is 7. The quantitative estimate of drug-likeness (QED) is 0.713. The molecule has 1 aromatic carbocycles. The van der Waals surface area contributed by atoms with E-state index in [1.54, 1.807) is 31.2 Å². The molecule has 0 radical (unpaired) electrons. The van der Waals surface area contributed by atoms with E-state index in [-0.39, 0.29) is 24.3 Å². The lowest BCUT2D eigenvalue weighted by Gasteiger charge is -2.22. The number of aryl methyl sites for hydroxylation is 1. The van der Waals surface area contributed by atoms with Crippen LogP contribution in [0.5, 0.6) is 0 Å². The van der Waals surface area contributed by atoms with Gasteiger partial charge in [0.15, 0.2) is 6.10 Å². The Balaban J connectivity index is 1.45. The Morgan fingerprint density at radius 1 is 1.25 bits per heavy atom. The van der Waals surface area contributed by atoms with E-state index in [1.807, 2.05) is 0 Å². The van der Waals surface area contributed by atoms with Crippen molar-refractivity contribution in [2.24, 2.45) is 5.92 Å². The van der Waals surface area contributed by atoms with Crippen LogP contribution in [-0.4, -0.2) is 34.5 Å². The second-order valence-corrected chi connectivity index (χ2v) is 7.41. The predicted molar refractivity (Wildman–Crippen MR) is 106 cm³/mol. The van der Waals surface area contributed by atoms with Gasteiger partial charge in [-0.25, -0.2) is 4.98 Å². The second-order valence-electron chi connectivity index (χ2n) is 7.41. The Morgan fingerprint density at radius 3 is 2.79 bits per heavy atom. The Morgan fingerprint density at radius 2 is 2.00 bits per heavy atom. The summed E-state index contributed by atoms with van der Waals surface area (Å²) in [5, 5.41) is 3.39. The lowest BCUT2D eigenvalue weighted by molar-refractivity contribution is -0.154. The van der Waals surface area contributed by atoms with Crippen molar-refractivity contribution in [3.63, 3.8) is 0 Å². The summed E-state index contributed by atoms with van der Waals surface area (Å²) in [4.78, 5) is 43.3. The van der Waals surface area contributed by atoms with Crippen molar-refractivity contribution in [2.75, 3.05) is 6.54 Å². The van der Waals surface area contributed by atoms with Gasteiger partial charge in [-0.05, 0) is 37.8 Å². The minimum atomic E-state index is -0.834. The highest BCUT2D eigenvalue weighted by atomic mass is 16.5. The molecular weight excluding hydrogens is 358 g/mol. The number of carbonyl (C=O) groups excluding carboxylic acids is 2. The van der Waals surface area contributed by atoms with E-state index < -0.39 is 12.1 Å². The molecule has 1 atom stereocenters. The highest BCUT2D eigenvalue weighted by Crippen LogP contribution is 2.22. The third-order valence-corrected chi connectivity index (χ3v) is 5.19. The van der Waals surface area contributed by atoms with Gasteiger partial charge in [0, 0.05) is 13.0 Å². The summed E-state index contributed by atoms with van der Waals surface area (Å²) in [6, 6.07) is 7.04. The van der Waals surface area contributed by atoms with Crippen molar-refractivity contribution in [3.8, 4) is 0 Å². The molecule has 0 spiro atoms. The lowest BCUT2D eigenvalue weighted by atomic mass is 9.89. The zero-order chi connectivity index (χ0) is 19.9. The summed E-state index contributed by atoms with van der Waals surface area (Å²) >= 11 is 0. The fraction of sp³-hybridized carbons (Fsp3) is 0.524. The minimum absolute atomic E-state index is 0.0432. The van der Waals surface area contributed by atoms with Crippen molar-refractivity contribution in [3.05, 3.63) is 40.4 Å². The first kappa shape index (κ1) is 20.0. The maximum Gasteiger partial charge on any atom is 0.307 e. The van der Waals surface area contributed by atoms with Crippen LogP contribution in [0.25, 0.3) is 10.9 Å². The summed E-state index contributed by atoms with van der Waals surface area (Å²) in [5.74, 6) is 0.193. The van der Waals surface area contributed by atoms with Crippen LogP contribution in [0.4, 0.5) is 0 Å². The second kappa shape index (κ2) is 9.48. The molecule has 1 amide bonds. The largest absolute Gasteiger partial charge is 0.453 e. The number of nitrogens with one attached hydrogen (secondary N) is 2. The van der Waals surface area contributed by atoms with Gasteiger partial charge < -0.3 is 15.0 Å². The number of fused-ring (bicyclic) bond motifs is 1. The summed E-state index contributed by atoms with van der Waals surface area (Å²) in [6.07, 6.45) is 5.45. The molecule has 0 unspecified atom stereocenters. The first-order chi connectivity index (χ1) is 13.5. The molecule has 1 aliphatic rings. The number of nitrogens with zero attached hydrogens (tertiary/aromatic N) is 1. The topological polar surface area (TPSA) is 101 Å². The molecule has 2 aromatic rings. The zero-order valence-corrected chi connectivity index (χ0v) is 16.2. The van der Waals surface area contributed by atoms with Crippen molar-refractivity contribution in [1.82, 2.24) is 15.3 Å². The number of carbonyl (C=O) groups is 2. The van der Waals surface area contributed by atoms with Crippen LogP contribution in [0.3, 0.4) is 0 Å². The van der Waals surface area contributed by atoms with E-state index in [0.717, 1.165) is 12.8 Å². The van der Waals surface area contributed by atoms with Crippen molar-refractivity contribution < 1.29 is 14.3 Å². The average molecular weight is 385 g/mol. The van der Waals surface area contributed by atoms with Gasteiger partial charge in [-0.3, -0.25) is 14.4 Å². The molecule has 0 saturated heterocycles. The molecule has 1 heterocycles. The average Bonchev–Trinajstić information content (AvgIpc) is 2.71. The molecule has 0 aliphatic heterocycles. The number of ether oxygens (including phenoxy) is 1. The van der Waals surface area contributed by atoms with Gasteiger partial charge in [0.2, 0.25) is 0 Å². The maximum atomic E-state index is 12.1. The number of amides is 1. The van der Waals surface area contributed by atoms with Crippen LogP contribution in [0.2, 0.25) is 0 Å². The highest BCUT2D eigenvalue weighted by molar-refractivity contribution is 5.83. The Hall–Kier alpha value is -2.70. The molecule has 3 rings (SSSR count). The zero-order valence-electron chi connectivity index (χ0n) is 16.2. The van der Waals surface area contributed by atoms with Gasteiger partial charge in [-0.1, -0.05) is 31.4 Å². The summed E-state index contributed by atoms with van der Waals surface area (Å²) in [6.45, 7) is 2.22. The van der Waals surface area contributed by atoms with Crippen LogP contribution in [-0.2, 0) is 20.7 Å². The van der Waals surface area contributed by atoms with E-state index in [0.29, 0.717) is 29.2 Å². The van der Waals surface area contributed by atoms with Gasteiger partial charge in [-0.15, -0.1) is 0 Å². The molecule has 2 N–H and O–H groups in total. The number of para-hydroxylation sites is 1. The molecule has 1 saturated carbocycles. The highest BCUT2D eigenvalue weighted by Gasteiger charge is 2.20. The number of hydrogen-bond donors (Lipinski definition) is 2. The van der Waals surface area contributed by atoms with Crippen LogP contribution < -0.4 is 10.9 Å². The van der Waals surface area contributed by atoms with Crippen molar-refractivity contribution in [1.29, 1.82) is 0 Å². The van der Waals surface area contributed by atoms with E-state index in [9.17, 15) is 14.4 Å². The van der Waals surface area contributed by atoms with Gasteiger partial charge in [-0.2, -0.15) is 0 Å². The summed E-state index contributed by atoms with van der Waals surface area (Å²) in [7, 11) is 0. The number of hydrogen-bond acceptors (Lipinski definition) is 5. The van der Waals surface area contributed by atoms with Gasteiger partial charge >= 0.3 is 5.97 Å². The molecule has 1 fully saturated rings. The van der Waals surface area contributed by atoms with Gasteiger partial charge in [0.1, 0.15) is 5.82 Å². The fourth-order valence-electron chi connectivity index (χ4n) is 3.56. The Kier molecular flexibility index (Phi) is 6.79. The van der Waals surface area contributed by atoms with E-state index in [2.05, 4.69) is 15.3 Å². The van der Waals surface area contributed by atoms with Crippen LogP contribution >= 0.6 is 0 Å². The molecule has 28 heavy (non-hydrogen) atoms. The van der Waals surface area contributed by atoms with E-state index in [4.69, 9.17) is 4.74 Å². The SMILES string of the molecule is C[C@H](OC(=O)CCc1nc2ccccc2c(=O)[nH]1)C(=O)NCC1CCCCC1. The van der Waals surface area contributed by atoms with Crippen molar-refractivity contribution >= 4 is 22.8 Å². The standard InChI is InChI=1S/C21H27N3O4/c1-14(20(26)22-13-15-7-3-2-4-8-15)28-19(25)12-11-18-23-17-10-6-5-9-16(17)21(27)24-18/h5-6,9-10,14-15H,2-4,7-8,11-13H2,1H3,(H,22,26)(H,23,24,27)/t14-/m0/s1. The molecule has 0 bridgehead atoms. The smallest absolute Gasteiger partial charge is 0.307 e. The summed E-state index contributed by atoms with van der Waals surface area (Å²) < 4.78 is 5.22. The summed E-state index contributed by atoms with van der Waals surface area (Å²) in [5.41, 5.74) is 0.356. The van der Waals surface area contributed by atoms with E-state index >= 15 is 0 Å². The molecule has 7 nitrogen and oxygen atoms in total. The van der Waals surface area contributed by atoms with Crippen LogP contribution in [0.15, 0.2) is 29.1 Å². The third kappa shape index (κ3) is 5.41. The first-order valence-corrected chi connectivity index (χ1v) is 9.98. The number of benzene rings is 1. The van der Waals surface area contributed by atoms with Crippen LogP contribution in [0.1, 0.15) is 51.3 Å². The number of aromatic amines is 1. The normalized spacial score (nSPS) is 15.9. The molecule has 1 aromatic heterocycles. The van der Waals surface area contributed by atoms with Gasteiger partial charge in [0.25, 0.3) is 11.5 Å². The number of esters is 1. The Labute approximate surface area is 163 Å². The lowest BCUT2D eigenvalue weighted by Crippen LogP contribution is -2.38. The third-order valence-electron chi connectivity index (χ3n) is 5.19. The molecule has 150 valence electrons. The predicted octanol–water partition coefficient (Wildman–Crippen LogP) is 2.48. The number of H-pyrrole nitrogens is 1. The minimum Gasteiger partial charge on any atom is -0.453 e. The van der Waals surface area contributed by atoms with Gasteiger partial charge in [0.05, 0.1) is 17.3 Å².